The number of ether oxygens (including phenoxy) is 1. The van der Waals surface area contributed by atoms with Gasteiger partial charge in [-0.05, 0) is 31.9 Å². The molecule has 1 atom stereocenters. The van der Waals surface area contributed by atoms with Crippen LogP contribution in [0.25, 0.3) is 0 Å². The molecule has 24 heavy (non-hydrogen) atoms. The first kappa shape index (κ1) is 17.0. The summed E-state index contributed by atoms with van der Waals surface area (Å²) in [5.41, 5.74) is 0.882. The molecule has 132 valence electrons. The van der Waals surface area contributed by atoms with Crippen LogP contribution >= 0.6 is 0 Å². The minimum atomic E-state index is -0.0347. The molecule has 3 heterocycles. The minimum absolute atomic E-state index is 0.0347. The number of aromatic nitrogens is 2. The van der Waals surface area contributed by atoms with Gasteiger partial charge in [0.15, 0.2) is 5.82 Å². The summed E-state index contributed by atoms with van der Waals surface area (Å²) in [6.45, 7) is 6.53. The van der Waals surface area contributed by atoms with Gasteiger partial charge < -0.3 is 19.4 Å². The summed E-state index contributed by atoms with van der Waals surface area (Å²) in [7, 11) is 3.61. The van der Waals surface area contributed by atoms with Crippen LogP contribution < -0.4 is 4.90 Å². The van der Waals surface area contributed by atoms with Gasteiger partial charge in [0.1, 0.15) is 0 Å². The third kappa shape index (κ3) is 3.61. The van der Waals surface area contributed by atoms with Crippen LogP contribution in [-0.4, -0.2) is 79.5 Å². The lowest BCUT2D eigenvalue weighted by Gasteiger charge is -2.44. The maximum Gasteiger partial charge on any atom is 0.319 e. The molecule has 2 aliphatic rings. The van der Waals surface area contributed by atoms with Crippen LogP contribution in [0.4, 0.5) is 10.6 Å². The zero-order valence-corrected chi connectivity index (χ0v) is 14.9. The molecule has 7 nitrogen and oxygen atoms in total. The highest BCUT2D eigenvalue weighted by molar-refractivity contribution is 5.74. The molecule has 0 N–H and O–H groups in total. The number of piperidine rings is 1. The number of anilines is 1. The standard InChI is InChI=1S/C17H27N5O2/c1-14-5-6-15(19-18-14)21-9-10-24-13-17(11-21)7-4-8-22(12-17)16(23)20(2)3/h5-6H,4,7-13H2,1-3H3/t17-/m0/s1. The van der Waals surface area contributed by atoms with Gasteiger partial charge in [0.25, 0.3) is 0 Å². The van der Waals surface area contributed by atoms with Crippen LogP contribution in [0, 0.1) is 12.3 Å². The van der Waals surface area contributed by atoms with Crippen molar-refractivity contribution in [2.24, 2.45) is 5.41 Å². The van der Waals surface area contributed by atoms with Gasteiger partial charge in [-0.25, -0.2) is 4.79 Å². The Kier molecular flexibility index (Phi) is 4.89. The Labute approximate surface area is 143 Å². The van der Waals surface area contributed by atoms with E-state index in [1.165, 1.54) is 0 Å². The molecule has 2 aliphatic heterocycles. The lowest BCUT2D eigenvalue weighted by molar-refractivity contribution is 0.0210. The Morgan fingerprint density at radius 1 is 1.25 bits per heavy atom. The predicted molar refractivity (Wildman–Crippen MR) is 92.1 cm³/mol. The fourth-order valence-corrected chi connectivity index (χ4v) is 3.65. The molecule has 3 rings (SSSR count). The van der Waals surface area contributed by atoms with E-state index < -0.39 is 0 Å². The van der Waals surface area contributed by atoms with Crippen LogP contribution in [0.2, 0.25) is 0 Å². The predicted octanol–water partition coefficient (Wildman–Crippen LogP) is 1.39. The van der Waals surface area contributed by atoms with E-state index in [1.807, 2.05) is 24.0 Å². The number of amides is 2. The number of likely N-dealkylation sites (tertiary alicyclic amines) is 1. The fraction of sp³-hybridized carbons (Fsp3) is 0.706. The molecule has 0 aromatic carbocycles. The van der Waals surface area contributed by atoms with Crippen molar-refractivity contribution >= 4 is 11.8 Å². The highest BCUT2D eigenvalue weighted by atomic mass is 16.5. The molecular formula is C17H27N5O2. The Morgan fingerprint density at radius 3 is 2.79 bits per heavy atom. The Bertz CT molecular complexity index is 577. The van der Waals surface area contributed by atoms with Crippen molar-refractivity contribution in [2.45, 2.75) is 19.8 Å². The van der Waals surface area contributed by atoms with Gasteiger partial charge in [-0.15, -0.1) is 5.10 Å². The van der Waals surface area contributed by atoms with E-state index in [9.17, 15) is 4.79 Å². The van der Waals surface area contributed by atoms with E-state index in [0.717, 1.165) is 50.5 Å². The van der Waals surface area contributed by atoms with Crippen molar-refractivity contribution < 1.29 is 9.53 Å². The van der Waals surface area contributed by atoms with Gasteiger partial charge in [0, 0.05) is 45.7 Å². The van der Waals surface area contributed by atoms with Crippen molar-refractivity contribution in [1.82, 2.24) is 20.0 Å². The van der Waals surface area contributed by atoms with Gasteiger partial charge in [-0.1, -0.05) is 0 Å². The third-order valence-electron chi connectivity index (χ3n) is 4.86. The molecule has 1 spiro atoms. The second kappa shape index (κ2) is 6.93. The van der Waals surface area contributed by atoms with E-state index in [2.05, 4.69) is 15.1 Å². The highest BCUT2D eigenvalue weighted by Crippen LogP contribution is 2.34. The van der Waals surface area contributed by atoms with Crippen LogP contribution in [0.5, 0.6) is 0 Å². The van der Waals surface area contributed by atoms with E-state index in [0.29, 0.717) is 13.2 Å². The van der Waals surface area contributed by atoms with E-state index in [1.54, 1.807) is 19.0 Å². The number of hydrogen-bond acceptors (Lipinski definition) is 5. The van der Waals surface area contributed by atoms with Gasteiger partial charge >= 0.3 is 6.03 Å². The number of rotatable bonds is 1. The number of nitrogens with zero attached hydrogens (tertiary/aromatic N) is 5. The number of aryl methyl sites for hydroxylation is 1. The van der Waals surface area contributed by atoms with Gasteiger partial charge in [0.05, 0.1) is 18.9 Å². The topological polar surface area (TPSA) is 61.8 Å². The van der Waals surface area contributed by atoms with Gasteiger partial charge in [0.2, 0.25) is 0 Å². The summed E-state index contributed by atoms with van der Waals surface area (Å²) in [6.07, 6.45) is 2.08. The Balaban J connectivity index is 1.78. The number of hydrogen-bond donors (Lipinski definition) is 0. The molecule has 0 unspecified atom stereocenters. The summed E-state index contributed by atoms with van der Waals surface area (Å²) in [6, 6.07) is 4.09. The average Bonchev–Trinajstić information content (AvgIpc) is 2.77. The normalized spacial score (nSPS) is 24.8. The zero-order chi connectivity index (χ0) is 17.2. The smallest absolute Gasteiger partial charge is 0.319 e. The first-order valence-corrected chi connectivity index (χ1v) is 8.58. The first-order chi connectivity index (χ1) is 11.5. The molecular weight excluding hydrogens is 306 g/mol. The fourth-order valence-electron chi connectivity index (χ4n) is 3.65. The van der Waals surface area contributed by atoms with E-state index in [-0.39, 0.29) is 11.4 Å². The summed E-state index contributed by atoms with van der Waals surface area (Å²) < 4.78 is 5.91. The molecule has 2 saturated heterocycles. The SMILES string of the molecule is Cc1ccc(N2CCOC[C@@]3(CCCN(C(=O)N(C)C)C3)C2)nn1. The summed E-state index contributed by atoms with van der Waals surface area (Å²) in [4.78, 5) is 18.2. The molecule has 2 fully saturated rings. The highest BCUT2D eigenvalue weighted by Gasteiger charge is 2.40. The second-order valence-corrected chi connectivity index (χ2v) is 7.21. The average molecular weight is 333 g/mol. The van der Waals surface area contributed by atoms with Gasteiger partial charge in [-0.2, -0.15) is 5.10 Å². The van der Waals surface area contributed by atoms with Crippen LogP contribution in [0.3, 0.4) is 0 Å². The number of carbonyl (C=O) groups is 1. The summed E-state index contributed by atoms with van der Waals surface area (Å²) in [5, 5.41) is 8.52. The molecule has 0 radical (unpaired) electrons. The maximum atomic E-state index is 12.4. The van der Waals surface area contributed by atoms with Gasteiger partial charge in [-0.3, -0.25) is 0 Å². The van der Waals surface area contributed by atoms with Crippen LogP contribution in [0.1, 0.15) is 18.5 Å². The number of carbonyl (C=O) groups excluding carboxylic acids is 1. The molecule has 7 heteroatoms. The largest absolute Gasteiger partial charge is 0.379 e. The molecule has 0 bridgehead atoms. The maximum absolute atomic E-state index is 12.4. The minimum Gasteiger partial charge on any atom is -0.379 e. The Hall–Kier alpha value is -1.89. The molecule has 0 saturated carbocycles. The van der Waals surface area contributed by atoms with E-state index in [4.69, 9.17) is 4.74 Å². The van der Waals surface area contributed by atoms with Crippen LogP contribution in [0.15, 0.2) is 12.1 Å². The monoisotopic (exact) mass is 333 g/mol. The molecule has 2 amide bonds. The van der Waals surface area contributed by atoms with Crippen molar-refractivity contribution in [2.75, 3.05) is 58.4 Å². The van der Waals surface area contributed by atoms with E-state index >= 15 is 0 Å². The lowest BCUT2D eigenvalue weighted by Crippen LogP contribution is -2.54. The lowest BCUT2D eigenvalue weighted by atomic mass is 9.80. The van der Waals surface area contributed by atoms with Crippen molar-refractivity contribution in [3.8, 4) is 0 Å². The second-order valence-electron chi connectivity index (χ2n) is 7.21. The molecule has 1 aromatic rings. The van der Waals surface area contributed by atoms with Crippen molar-refractivity contribution in [3.05, 3.63) is 17.8 Å². The third-order valence-corrected chi connectivity index (χ3v) is 4.86. The van der Waals surface area contributed by atoms with Crippen molar-refractivity contribution in [3.63, 3.8) is 0 Å². The Morgan fingerprint density at radius 2 is 2.08 bits per heavy atom. The summed E-state index contributed by atoms with van der Waals surface area (Å²) >= 11 is 0. The quantitative estimate of drug-likeness (QED) is 0.777. The van der Waals surface area contributed by atoms with Crippen LogP contribution in [-0.2, 0) is 4.74 Å². The molecule has 0 aliphatic carbocycles. The summed E-state index contributed by atoms with van der Waals surface area (Å²) in [5.74, 6) is 0.890. The molecule has 1 aromatic heterocycles. The zero-order valence-electron chi connectivity index (χ0n) is 14.9. The van der Waals surface area contributed by atoms with Crippen molar-refractivity contribution in [1.29, 1.82) is 0 Å². The number of urea groups is 1. The first-order valence-electron chi connectivity index (χ1n) is 8.58.